The van der Waals surface area contributed by atoms with Crippen LogP contribution in [0, 0.1) is 0 Å². The Bertz CT molecular complexity index is 1990. The third-order valence-corrected chi connectivity index (χ3v) is 8.50. The van der Waals surface area contributed by atoms with Crippen LogP contribution in [-0.2, 0) is 10.8 Å². The average molecular weight is 595 g/mol. The topological polar surface area (TPSA) is 63.8 Å². The van der Waals surface area contributed by atoms with Gasteiger partial charge in [0.1, 0.15) is 17.1 Å². The van der Waals surface area contributed by atoms with Crippen molar-refractivity contribution in [1.29, 1.82) is 0 Å². The Balaban J connectivity index is 1.69. The van der Waals surface area contributed by atoms with Gasteiger partial charge in [0.05, 0.1) is 23.0 Å². The van der Waals surface area contributed by atoms with E-state index < -0.39 is 0 Å². The minimum absolute atomic E-state index is 0.127. The maximum atomic E-state index is 11.9. The molecule has 0 spiro atoms. The first kappa shape index (κ1) is 30.3. The summed E-state index contributed by atoms with van der Waals surface area (Å²) in [5.41, 5.74) is 10.2. The summed E-state index contributed by atoms with van der Waals surface area (Å²) in [7, 11) is 0. The van der Waals surface area contributed by atoms with Crippen molar-refractivity contribution < 1.29 is 5.11 Å². The molecule has 0 radical (unpaired) electrons. The van der Waals surface area contributed by atoms with Crippen molar-refractivity contribution in [1.82, 2.24) is 19.5 Å². The number of nitrogens with zero attached hydrogens (tertiary/aromatic N) is 4. The van der Waals surface area contributed by atoms with Crippen molar-refractivity contribution in [3.05, 3.63) is 114 Å². The van der Waals surface area contributed by atoms with Crippen molar-refractivity contribution in [3.8, 4) is 45.2 Å². The van der Waals surface area contributed by atoms with Gasteiger partial charge in [-0.3, -0.25) is 14.5 Å². The third-order valence-electron chi connectivity index (χ3n) is 8.50. The molecule has 6 rings (SSSR count). The number of phenolic OH excluding ortho intramolecular Hbond substituents is 1. The number of hydrogen-bond acceptors (Lipinski definition) is 4. The van der Waals surface area contributed by atoms with Gasteiger partial charge in [-0.05, 0) is 75.9 Å². The van der Waals surface area contributed by atoms with E-state index >= 15 is 0 Å². The van der Waals surface area contributed by atoms with E-state index in [1.165, 1.54) is 5.56 Å². The Hall–Kier alpha value is -4.77. The summed E-state index contributed by atoms with van der Waals surface area (Å²) >= 11 is 0. The number of phenols is 1. The standard InChI is InChI=1S/C40H42N4O/c1-25(2)26-18-27(20-28(19-26)34-16-12-13-17-42-34)32-23-41-24-35-36(32)43-38(44(35)30-14-10-9-11-15-30)31-21-29(39(3,4)5)22-33(37(31)45)40(6,7)8/h9-25,45H,1-8H3. The highest BCUT2D eigenvalue weighted by Gasteiger charge is 2.28. The van der Waals surface area contributed by atoms with E-state index in [1.54, 1.807) is 0 Å². The smallest absolute Gasteiger partial charge is 0.149 e. The molecule has 0 atom stereocenters. The van der Waals surface area contributed by atoms with Crippen LogP contribution in [0.1, 0.15) is 78.0 Å². The number of benzene rings is 3. The van der Waals surface area contributed by atoms with Crippen LogP contribution in [0.4, 0.5) is 0 Å². The molecule has 3 aromatic carbocycles. The van der Waals surface area contributed by atoms with Crippen molar-refractivity contribution >= 4 is 11.0 Å². The summed E-state index contributed by atoms with van der Waals surface area (Å²) in [6, 6.07) is 27.1. The van der Waals surface area contributed by atoms with Gasteiger partial charge in [0.25, 0.3) is 0 Å². The zero-order valence-electron chi connectivity index (χ0n) is 27.6. The second-order valence-corrected chi connectivity index (χ2v) is 14.3. The molecular weight excluding hydrogens is 552 g/mol. The molecule has 3 heterocycles. The SMILES string of the molecule is CC(C)c1cc(-c2ccccn2)cc(-c2cncc3c2nc(-c2cc(C(C)(C)C)cc(C(C)(C)C)c2O)n3-c2ccccc2)c1. The summed E-state index contributed by atoms with van der Waals surface area (Å²) in [6.45, 7) is 17.5. The molecule has 0 amide bonds. The van der Waals surface area contributed by atoms with E-state index in [2.05, 4.69) is 107 Å². The van der Waals surface area contributed by atoms with Crippen LogP contribution in [0.5, 0.6) is 5.75 Å². The molecule has 0 aliphatic heterocycles. The van der Waals surface area contributed by atoms with Crippen LogP contribution in [0.25, 0.3) is 50.5 Å². The van der Waals surface area contributed by atoms with Gasteiger partial charge in [-0.25, -0.2) is 4.98 Å². The molecule has 0 saturated heterocycles. The third kappa shape index (κ3) is 5.75. The van der Waals surface area contributed by atoms with Crippen LogP contribution in [0.3, 0.4) is 0 Å². The fraction of sp³-hybridized carbons (Fsp3) is 0.275. The van der Waals surface area contributed by atoms with Crippen molar-refractivity contribution in [2.24, 2.45) is 0 Å². The summed E-state index contributed by atoms with van der Waals surface area (Å²) in [4.78, 5) is 14.8. The monoisotopic (exact) mass is 594 g/mol. The molecule has 228 valence electrons. The largest absolute Gasteiger partial charge is 0.507 e. The van der Waals surface area contributed by atoms with E-state index in [-0.39, 0.29) is 16.6 Å². The molecule has 0 aliphatic carbocycles. The van der Waals surface area contributed by atoms with E-state index in [0.29, 0.717) is 17.3 Å². The first-order valence-corrected chi connectivity index (χ1v) is 15.7. The van der Waals surface area contributed by atoms with Crippen LogP contribution < -0.4 is 0 Å². The molecule has 5 nitrogen and oxygen atoms in total. The number of rotatable bonds is 5. The first-order valence-electron chi connectivity index (χ1n) is 15.7. The van der Waals surface area contributed by atoms with Gasteiger partial charge in [0.2, 0.25) is 0 Å². The fourth-order valence-corrected chi connectivity index (χ4v) is 5.86. The Morgan fingerprint density at radius 2 is 1.44 bits per heavy atom. The Morgan fingerprint density at radius 3 is 2.09 bits per heavy atom. The van der Waals surface area contributed by atoms with Gasteiger partial charge in [0.15, 0.2) is 0 Å². The van der Waals surface area contributed by atoms with Crippen LogP contribution in [-0.4, -0.2) is 24.6 Å². The quantitative estimate of drug-likeness (QED) is 0.216. The summed E-state index contributed by atoms with van der Waals surface area (Å²) in [5.74, 6) is 1.27. The predicted molar refractivity (Wildman–Crippen MR) is 186 cm³/mol. The highest BCUT2D eigenvalue weighted by atomic mass is 16.3. The summed E-state index contributed by atoms with van der Waals surface area (Å²) < 4.78 is 2.13. The number of para-hydroxylation sites is 1. The van der Waals surface area contributed by atoms with Gasteiger partial charge in [0, 0.05) is 34.8 Å². The lowest BCUT2D eigenvalue weighted by atomic mass is 9.79. The highest BCUT2D eigenvalue weighted by Crippen LogP contribution is 2.44. The van der Waals surface area contributed by atoms with Crippen LogP contribution in [0.15, 0.2) is 97.5 Å². The van der Waals surface area contributed by atoms with E-state index in [1.807, 2.05) is 55.0 Å². The van der Waals surface area contributed by atoms with E-state index in [9.17, 15) is 5.11 Å². The molecule has 0 aliphatic rings. The molecular formula is C40H42N4O. The van der Waals surface area contributed by atoms with Gasteiger partial charge in [-0.15, -0.1) is 0 Å². The molecule has 0 unspecified atom stereocenters. The van der Waals surface area contributed by atoms with Gasteiger partial charge in [-0.2, -0.15) is 0 Å². The van der Waals surface area contributed by atoms with Gasteiger partial charge in [-0.1, -0.05) is 91.8 Å². The second-order valence-electron chi connectivity index (χ2n) is 14.3. The number of fused-ring (bicyclic) bond motifs is 1. The molecule has 0 saturated carbocycles. The Kier molecular flexibility index (Phi) is 7.60. The number of aromatic hydroxyl groups is 1. The van der Waals surface area contributed by atoms with Gasteiger partial charge < -0.3 is 5.11 Å². The second kappa shape index (κ2) is 11.3. The lowest BCUT2D eigenvalue weighted by Gasteiger charge is -2.27. The van der Waals surface area contributed by atoms with Crippen LogP contribution in [0.2, 0.25) is 0 Å². The number of hydrogen-bond donors (Lipinski definition) is 1. The van der Waals surface area contributed by atoms with Crippen molar-refractivity contribution in [2.45, 2.75) is 72.1 Å². The minimum Gasteiger partial charge on any atom is -0.507 e. The maximum absolute atomic E-state index is 11.9. The van der Waals surface area contributed by atoms with E-state index in [4.69, 9.17) is 9.97 Å². The van der Waals surface area contributed by atoms with Crippen molar-refractivity contribution in [2.75, 3.05) is 0 Å². The molecule has 6 aromatic rings. The molecule has 0 fully saturated rings. The van der Waals surface area contributed by atoms with Crippen molar-refractivity contribution in [3.63, 3.8) is 0 Å². The predicted octanol–water partition coefficient (Wildman–Crippen LogP) is 10.2. The first-order chi connectivity index (χ1) is 21.3. The lowest BCUT2D eigenvalue weighted by Crippen LogP contribution is -2.17. The molecule has 45 heavy (non-hydrogen) atoms. The fourth-order valence-electron chi connectivity index (χ4n) is 5.86. The van der Waals surface area contributed by atoms with Gasteiger partial charge >= 0.3 is 0 Å². The number of imidazole rings is 1. The molecule has 0 bridgehead atoms. The normalized spacial score (nSPS) is 12.3. The highest BCUT2D eigenvalue weighted by molar-refractivity contribution is 5.96. The molecule has 5 heteroatoms. The average Bonchev–Trinajstić information content (AvgIpc) is 3.40. The summed E-state index contributed by atoms with van der Waals surface area (Å²) in [6.07, 6.45) is 5.61. The zero-order valence-corrected chi connectivity index (χ0v) is 27.6. The van der Waals surface area contributed by atoms with E-state index in [0.717, 1.165) is 50.2 Å². The Morgan fingerprint density at radius 1 is 0.733 bits per heavy atom. The Labute approximate surface area is 266 Å². The lowest BCUT2D eigenvalue weighted by molar-refractivity contribution is 0.446. The van der Waals surface area contributed by atoms with Crippen LogP contribution >= 0.6 is 0 Å². The maximum Gasteiger partial charge on any atom is 0.149 e. The number of aromatic nitrogens is 4. The summed E-state index contributed by atoms with van der Waals surface area (Å²) in [5, 5.41) is 11.9. The minimum atomic E-state index is -0.268. The zero-order chi connectivity index (χ0) is 32.1. The molecule has 3 aromatic heterocycles. The number of pyridine rings is 2. The molecule has 1 N–H and O–H groups in total.